The van der Waals surface area contributed by atoms with Crippen molar-refractivity contribution in [1.29, 1.82) is 0 Å². The molecule has 1 aliphatic heterocycles. The third kappa shape index (κ3) is 3.92. The van der Waals surface area contributed by atoms with Crippen molar-refractivity contribution in [1.82, 2.24) is 4.72 Å². The minimum absolute atomic E-state index is 0.0215. The van der Waals surface area contributed by atoms with Gasteiger partial charge in [-0.1, -0.05) is 6.92 Å². The minimum Gasteiger partial charge on any atom is -0.480 e. The molecule has 0 saturated carbocycles. The van der Waals surface area contributed by atoms with Crippen LogP contribution in [0.1, 0.15) is 26.2 Å². The Morgan fingerprint density at radius 1 is 1.39 bits per heavy atom. The van der Waals surface area contributed by atoms with Gasteiger partial charge in [-0.05, 0) is 19.3 Å². The van der Waals surface area contributed by atoms with Gasteiger partial charge in [0.15, 0.2) is 0 Å². The molecule has 18 heavy (non-hydrogen) atoms. The van der Waals surface area contributed by atoms with Crippen molar-refractivity contribution in [2.45, 2.75) is 37.5 Å². The van der Waals surface area contributed by atoms with E-state index in [-0.39, 0.29) is 30.8 Å². The summed E-state index contributed by atoms with van der Waals surface area (Å²) in [4.78, 5) is 10.8. The molecule has 0 aromatic heterocycles. The van der Waals surface area contributed by atoms with Crippen LogP contribution in [-0.4, -0.2) is 50.7 Å². The Kier molecular flexibility index (Phi) is 4.73. The predicted octanol–water partition coefficient (Wildman–Crippen LogP) is -0.654. The van der Waals surface area contributed by atoms with Crippen molar-refractivity contribution in [2.24, 2.45) is 0 Å². The molecule has 0 bridgehead atoms. The monoisotopic (exact) mass is 299 g/mol. The van der Waals surface area contributed by atoms with Gasteiger partial charge in [0, 0.05) is 0 Å². The van der Waals surface area contributed by atoms with Gasteiger partial charge in [0.25, 0.3) is 0 Å². The maximum atomic E-state index is 11.9. The molecule has 0 aliphatic carbocycles. The largest absolute Gasteiger partial charge is 0.480 e. The Bertz CT molecular complexity index is 495. The highest BCUT2D eigenvalue weighted by Gasteiger charge is 2.34. The molecule has 0 aromatic rings. The van der Waals surface area contributed by atoms with Crippen LogP contribution in [0.25, 0.3) is 0 Å². The number of carbonyl (C=O) groups is 1. The van der Waals surface area contributed by atoms with Crippen LogP contribution in [0.15, 0.2) is 0 Å². The van der Waals surface area contributed by atoms with Gasteiger partial charge in [-0.15, -0.1) is 0 Å². The zero-order chi connectivity index (χ0) is 14.0. The molecule has 0 spiro atoms. The van der Waals surface area contributed by atoms with Gasteiger partial charge in [0.2, 0.25) is 10.0 Å². The third-order valence-electron chi connectivity index (χ3n) is 2.95. The van der Waals surface area contributed by atoms with Crippen LogP contribution in [0.4, 0.5) is 0 Å². The molecule has 0 radical (unpaired) electrons. The fourth-order valence-electron chi connectivity index (χ4n) is 1.78. The first-order valence-corrected chi connectivity index (χ1v) is 8.99. The van der Waals surface area contributed by atoms with Gasteiger partial charge < -0.3 is 5.11 Å². The van der Waals surface area contributed by atoms with Gasteiger partial charge in [-0.3, -0.25) is 4.79 Å². The molecule has 7 nitrogen and oxygen atoms in total. The third-order valence-corrected chi connectivity index (χ3v) is 6.63. The Morgan fingerprint density at radius 2 is 1.89 bits per heavy atom. The highest BCUT2D eigenvalue weighted by atomic mass is 32.2. The van der Waals surface area contributed by atoms with Crippen LogP contribution < -0.4 is 4.72 Å². The zero-order valence-corrected chi connectivity index (χ0v) is 11.6. The van der Waals surface area contributed by atoms with Crippen molar-refractivity contribution >= 4 is 25.8 Å². The number of sulfone groups is 1. The number of carboxylic acid groups (broad SMARTS) is 1. The molecule has 2 N–H and O–H groups in total. The average Bonchev–Trinajstić information content (AvgIpc) is 2.25. The van der Waals surface area contributed by atoms with E-state index in [0.29, 0.717) is 0 Å². The van der Waals surface area contributed by atoms with Crippen LogP contribution in [0.3, 0.4) is 0 Å². The summed E-state index contributed by atoms with van der Waals surface area (Å²) in [6.45, 7) is 1.56. The van der Waals surface area contributed by atoms with Gasteiger partial charge in [0.1, 0.15) is 15.9 Å². The Labute approximate surface area is 107 Å². The van der Waals surface area contributed by atoms with E-state index in [4.69, 9.17) is 5.11 Å². The van der Waals surface area contributed by atoms with Crippen LogP contribution in [0, 0.1) is 0 Å². The summed E-state index contributed by atoms with van der Waals surface area (Å²) < 4.78 is 48.3. The van der Waals surface area contributed by atoms with E-state index in [2.05, 4.69) is 4.72 Å². The number of rotatable bonds is 5. The summed E-state index contributed by atoms with van der Waals surface area (Å²) in [5, 5.41) is 7.97. The molecule has 1 aliphatic rings. The maximum Gasteiger partial charge on any atom is 0.321 e. The summed E-state index contributed by atoms with van der Waals surface area (Å²) in [5.74, 6) is -1.56. The number of carboxylic acids is 1. The Hall–Kier alpha value is -0.670. The molecule has 1 heterocycles. The highest BCUT2D eigenvalue weighted by molar-refractivity contribution is 7.92. The molecule has 1 saturated heterocycles. The van der Waals surface area contributed by atoms with Crippen molar-refractivity contribution < 1.29 is 26.7 Å². The molecule has 1 rings (SSSR count). The number of sulfonamides is 1. The molecule has 106 valence electrons. The summed E-state index contributed by atoms with van der Waals surface area (Å²) in [5.41, 5.74) is 0. The molecular weight excluding hydrogens is 282 g/mol. The van der Waals surface area contributed by atoms with Gasteiger partial charge in [0.05, 0.1) is 16.8 Å². The fraction of sp³-hybridized carbons (Fsp3) is 0.889. The van der Waals surface area contributed by atoms with E-state index in [1.54, 1.807) is 6.92 Å². The fourth-order valence-corrected chi connectivity index (χ4v) is 5.28. The van der Waals surface area contributed by atoms with Crippen molar-refractivity contribution in [3.8, 4) is 0 Å². The normalized spacial score (nSPS) is 22.5. The lowest BCUT2D eigenvalue weighted by Crippen LogP contribution is -2.46. The first-order chi connectivity index (χ1) is 8.18. The topological polar surface area (TPSA) is 118 Å². The molecule has 0 aromatic carbocycles. The van der Waals surface area contributed by atoms with Crippen LogP contribution in [0.5, 0.6) is 0 Å². The van der Waals surface area contributed by atoms with Crippen LogP contribution in [-0.2, 0) is 24.7 Å². The lowest BCUT2D eigenvalue weighted by atomic mass is 10.2. The van der Waals surface area contributed by atoms with E-state index in [9.17, 15) is 21.6 Å². The predicted molar refractivity (Wildman–Crippen MR) is 65.4 cm³/mol. The number of hydrogen-bond donors (Lipinski definition) is 2. The molecule has 0 unspecified atom stereocenters. The lowest BCUT2D eigenvalue weighted by Gasteiger charge is -2.23. The summed E-state index contributed by atoms with van der Waals surface area (Å²) in [6.07, 6.45) is 0.182. The quantitative estimate of drug-likeness (QED) is 0.696. The molecule has 1 atom stereocenters. The lowest BCUT2D eigenvalue weighted by molar-refractivity contribution is -0.139. The van der Waals surface area contributed by atoms with Gasteiger partial charge in [-0.25, -0.2) is 21.6 Å². The average molecular weight is 299 g/mol. The SMILES string of the molecule is CC[C@@H](NS(=O)(=O)C1CCS(=O)(=O)CC1)C(=O)O. The zero-order valence-electron chi connectivity index (χ0n) is 10.00. The van der Waals surface area contributed by atoms with Crippen molar-refractivity contribution in [3.63, 3.8) is 0 Å². The summed E-state index contributed by atoms with van der Waals surface area (Å²) in [7, 11) is -6.92. The van der Waals surface area contributed by atoms with E-state index < -0.39 is 37.1 Å². The summed E-state index contributed by atoms with van der Waals surface area (Å²) in [6, 6.07) is -1.16. The van der Waals surface area contributed by atoms with Crippen LogP contribution >= 0.6 is 0 Å². The van der Waals surface area contributed by atoms with Gasteiger partial charge >= 0.3 is 5.97 Å². The van der Waals surface area contributed by atoms with Gasteiger partial charge in [-0.2, -0.15) is 0 Å². The smallest absolute Gasteiger partial charge is 0.321 e. The van der Waals surface area contributed by atoms with E-state index in [1.807, 2.05) is 0 Å². The Morgan fingerprint density at radius 3 is 2.28 bits per heavy atom. The maximum absolute atomic E-state index is 11.9. The van der Waals surface area contributed by atoms with Crippen molar-refractivity contribution in [3.05, 3.63) is 0 Å². The molecular formula is C9H17NO6S2. The molecule has 9 heteroatoms. The number of nitrogens with one attached hydrogen (secondary N) is 1. The first-order valence-electron chi connectivity index (χ1n) is 5.62. The second kappa shape index (κ2) is 5.54. The summed E-state index contributed by atoms with van der Waals surface area (Å²) >= 11 is 0. The molecule has 1 fully saturated rings. The molecule has 0 amide bonds. The number of aliphatic carboxylic acids is 1. The van der Waals surface area contributed by atoms with Crippen molar-refractivity contribution in [2.75, 3.05) is 11.5 Å². The Balaban J connectivity index is 2.73. The second-order valence-electron chi connectivity index (χ2n) is 4.31. The standard InChI is InChI=1S/C9H17NO6S2/c1-2-8(9(11)12)10-18(15,16)7-3-5-17(13,14)6-4-7/h7-8,10H,2-6H2,1H3,(H,11,12)/t8-/m1/s1. The minimum atomic E-state index is -3.79. The first kappa shape index (κ1) is 15.4. The van der Waals surface area contributed by atoms with E-state index >= 15 is 0 Å². The van der Waals surface area contributed by atoms with Crippen LogP contribution in [0.2, 0.25) is 0 Å². The van der Waals surface area contributed by atoms with E-state index in [0.717, 1.165) is 0 Å². The highest BCUT2D eigenvalue weighted by Crippen LogP contribution is 2.19. The second-order valence-corrected chi connectivity index (χ2v) is 8.61. The van der Waals surface area contributed by atoms with E-state index in [1.165, 1.54) is 0 Å². The number of hydrogen-bond acceptors (Lipinski definition) is 5.